The first-order valence-electron chi connectivity index (χ1n) is 7.57. The Morgan fingerprint density at radius 3 is 2.57 bits per heavy atom. The number of thioether (sulfide) groups is 1. The molecule has 5 heteroatoms. The van der Waals surface area contributed by atoms with E-state index >= 15 is 0 Å². The molecule has 3 rings (SSSR count). The van der Waals surface area contributed by atoms with Crippen LogP contribution in [-0.2, 0) is 4.79 Å². The van der Waals surface area contributed by atoms with Crippen molar-refractivity contribution in [1.82, 2.24) is 4.98 Å². The summed E-state index contributed by atoms with van der Waals surface area (Å²) < 4.78 is 5.69. The molecule has 0 fully saturated rings. The number of fused-ring (bicyclic) bond motifs is 1. The number of carbonyl (C=O) groups is 1. The fourth-order valence-corrected chi connectivity index (χ4v) is 3.22. The van der Waals surface area contributed by atoms with E-state index in [0.29, 0.717) is 11.8 Å². The summed E-state index contributed by atoms with van der Waals surface area (Å²) in [5, 5.41) is 0.249. The van der Waals surface area contributed by atoms with Crippen molar-refractivity contribution >= 4 is 34.5 Å². The summed E-state index contributed by atoms with van der Waals surface area (Å²) in [6.07, 6.45) is 0. The lowest BCUT2D eigenvalue weighted by Gasteiger charge is -2.23. The molecule has 0 N–H and O–H groups in total. The largest absolute Gasteiger partial charge is 0.431 e. The van der Waals surface area contributed by atoms with Gasteiger partial charge in [-0.05, 0) is 38.1 Å². The molecule has 3 aromatic rings. The van der Waals surface area contributed by atoms with Crippen LogP contribution in [0.3, 0.4) is 0 Å². The van der Waals surface area contributed by atoms with E-state index in [1.54, 1.807) is 4.90 Å². The number of hydrogen-bond acceptors (Lipinski definition) is 4. The SMILES string of the molecule is CCN(C(=O)[C@@H](C)Sc1nc2ccccc2o1)c1ccccc1. The third-order valence-corrected chi connectivity index (χ3v) is 4.48. The van der Waals surface area contributed by atoms with Crippen molar-refractivity contribution in [1.29, 1.82) is 0 Å². The summed E-state index contributed by atoms with van der Waals surface area (Å²) >= 11 is 1.35. The molecule has 0 saturated carbocycles. The number of hydrogen-bond donors (Lipinski definition) is 0. The van der Waals surface area contributed by atoms with Crippen LogP contribution in [0.15, 0.2) is 64.2 Å². The van der Waals surface area contributed by atoms with E-state index in [0.717, 1.165) is 16.8 Å². The Morgan fingerprint density at radius 1 is 1.17 bits per heavy atom. The fraction of sp³-hybridized carbons (Fsp3) is 0.222. The van der Waals surface area contributed by atoms with E-state index in [9.17, 15) is 4.79 Å². The van der Waals surface area contributed by atoms with Crippen LogP contribution in [0.5, 0.6) is 0 Å². The topological polar surface area (TPSA) is 46.3 Å². The molecule has 1 aromatic heterocycles. The number of anilines is 1. The molecule has 118 valence electrons. The second-order valence-electron chi connectivity index (χ2n) is 5.13. The molecular weight excluding hydrogens is 308 g/mol. The van der Waals surface area contributed by atoms with Gasteiger partial charge in [0.1, 0.15) is 5.52 Å². The van der Waals surface area contributed by atoms with E-state index in [-0.39, 0.29) is 11.2 Å². The van der Waals surface area contributed by atoms with Gasteiger partial charge < -0.3 is 9.32 Å². The Bertz CT molecular complexity index is 768. The van der Waals surface area contributed by atoms with Crippen molar-refractivity contribution in [2.45, 2.75) is 24.3 Å². The lowest BCUT2D eigenvalue weighted by atomic mass is 10.2. The summed E-state index contributed by atoms with van der Waals surface area (Å²) in [5.41, 5.74) is 2.46. The van der Waals surface area contributed by atoms with Gasteiger partial charge in [0.25, 0.3) is 5.22 Å². The lowest BCUT2D eigenvalue weighted by Crippen LogP contribution is -2.36. The second-order valence-corrected chi connectivity index (χ2v) is 6.42. The number of oxazole rings is 1. The minimum Gasteiger partial charge on any atom is -0.431 e. The van der Waals surface area contributed by atoms with E-state index in [2.05, 4.69) is 4.98 Å². The molecule has 1 amide bonds. The molecule has 0 aliphatic rings. The molecule has 0 radical (unpaired) electrons. The molecule has 1 atom stereocenters. The third kappa shape index (κ3) is 3.40. The Morgan fingerprint density at radius 2 is 1.87 bits per heavy atom. The van der Waals surface area contributed by atoms with Crippen molar-refractivity contribution in [3.05, 3.63) is 54.6 Å². The monoisotopic (exact) mass is 326 g/mol. The van der Waals surface area contributed by atoms with Crippen LogP contribution in [0.4, 0.5) is 5.69 Å². The van der Waals surface area contributed by atoms with Crippen LogP contribution in [0, 0.1) is 0 Å². The van der Waals surface area contributed by atoms with Gasteiger partial charge in [-0.3, -0.25) is 4.79 Å². The predicted octanol–water partition coefficient (Wildman–Crippen LogP) is 4.36. The highest BCUT2D eigenvalue weighted by molar-refractivity contribution is 8.00. The zero-order chi connectivity index (χ0) is 16.2. The van der Waals surface area contributed by atoms with Crippen LogP contribution in [0.2, 0.25) is 0 Å². The van der Waals surface area contributed by atoms with Gasteiger partial charge in [-0.2, -0.15) is 0 Å². The van der Waals surface area contributed by atoms with E-state index in [4.69, 9.17) is 4.42 Å². The number of aromatic nitrogens is 1. The van der Waals surface area contributed by atoms with Gasteiger partial charge in [-0.1, -0.05) is 42.1 Å². The van der Waals surface area contributed by atoms with Crippen LogP contribution in [0.1, 0.15) is 13.8 Å². The second kappa shape index (κ2) is 6.87. The number of benzene rings is 2. The molecule has 0 aliphatic carbocycles. The van der Waals surface area contributed by atoms with Gasteiger partial charge in [0, 0.05) is 12.2 Å². The molecule has 4 nitrogen and oxygen atoms in total. The molecule has 0 unspecified atom stereocenters. The molecule has 0 spiro atoms. The zero-order valence-corrected chi connectivity index (χ0v) is 13.9. The minimum atomic E-state index is -0.275. The highest BCUT2D eigenvalue weighted by atomic mass is 32.2. The number of nitrogens with zero attached hydrogens (tertiary/aromatic N) is 2. The summed E-state index contributed by atoms with van der Waals surface area (Å²) in [5.74, 6) is 0.0472. The quantitative estimate of drug-likeness (QED) is 0.654. The Labute approximate surface area is 139 Å². The summed E-state index contributed by atoms with van der Waals surface area (Å²) in [6, 6.07) is 17.3. The number of carbonyl (C=O) groups excluding carboxylic acids is 1. The van der Waals surface area contributed by atoms with E-state index in [1.807, 2.05) is 68.4 Å². The zero-order valence-electron chi connectivity index (χ0n) is 13.1. The molecule has 0 aliphatic heterocycles. The number of para-hydroxylation sites is 3. The molecular formula is C18H18N2O2S. The molecule has 2 aromatic carbocycles. The fourth-order valence-electron chi connectivity index (χ4n) is 2.40. The molecule has 0 bridgehead atoms. The number of amides is 1. The average Bonchev–Trinajstić information content (AvgIpc) is 2.98. The van der Waals surface area contributed by atoms with Gasteiger partial charge in [-0.15, -0.1) is 0 Å². The van der Waals surface area contributed by atoms with E-state index in [1.165, 1.54) is 11.8 Å². The molecule has 1 heterocycles. The minimum absolute atomic E-state index is 0.0472. The Hall–Kier alpha value is -2.27. The van der Waals surface area contributed by atoms with Crippen LogP contribution < -0.4 is 4.90 Å². The van der Waals surface area contributed by atoms with Crippen LogP contribution >= 0.6 is 11.8 Å². The highest BCUT2D eigenvalue weighted by Gasteiger charge is 2.23. The van der Waals surface area contributed by atoms with Gasteiger partial charge in [0.2, 0.25) is 5.91 Å². The average molecular weight is 326 g/mol. The smallest absolute Gasteiger partial charge is 0.257 e. The van der Waals surface area contributed by atoms with Crippen LogP contribution in [-0.4, -0.2) is 22.7 Å². The number of rotatable bonds is 5. The van der Waals surface area contributed by atoms with Gasteiger partial charge in [0.05, 0.1) is 5.25 Å². The first-order chi connectivity index (χ1) is 11.2. The van der Waals surface area contributed by atoms with Gasteiger partial charge in [-0.25, -0.2) is 4.98 Å². The standard InChI is InChI=1S/C18H18N2O2S/c1-3-20(14-9-5-4-6-10-14)17(21)13(2)23-18-19-15-11-7-8-12-16(15)22-18/h4-13H,3H2,1-2H3/t13-/m1/s1. The first-order valence-corrected chi connectivity index (χ1v) is 8.45. The summed E-state index contributed by atoms with van der Waals surface area (Å²) in [4.78, 5) is 18.9. The van der Waals surface area contributed by atoms with E-state index < -0.39 is 0 Å². The van der Waals surface area contributed by atoms with Crippen molar-refractivity contribution in [2.75, 3.05) is 11.4 Å². The normalized spacial score (nSPS) is 12.3. The van der Waals surface area contributed by atoms with Crippen LogP contribution in [0.25, 0.3) is 11.1 Å². The van der Waals surface area contributed by atoms with Crippen molar-refractivity contribution in [3.63, 3.8) is 0 Å². The predicted molar refractivity (Wildman–Crippen MR) is 93.8 cm³/mol. The lowest BCUT2D eigenvalue weighted by molar-refractivity contribution is -0.117. The molecule has 0 saturated heterocycles. The van der Waals surface area contributed by atoms with Crippen molar-refractivity contribution in [3.8, 4) is 0 Å². The Kier molecular flexibility index (Phi) is 4.67. The van der Waals surface area contributed by atoms with Crippen molar-refractivity contribution < 1.29 is 9.21 Å². The molecule has 23 heavy (non-hydrogen) atoms. The maximum Gasteiger partial charge on any atom is 0.257 e. The maximum absolute atomic E-state index is 12.7. The van der Waals surface area contributed by atoms with Gasteiger partial charge >= 0.3 is 0 Å². The Balaban J connectivity index is 1.76. The van der Waals surface area contributed by atoms with Crippen molar-refractivity contribution in [2.24, 2.45) is 0 Å². The first kappa shape index (κ1) is 15.6. The van der Waals surface area contributed by atoms with Gasteiger partial charge in [0.15, 0.2) is 5.58 Å². The summed E-state index contributed by atoms with van der Waals surface area (Å²) in [6.45, 7) is 4.48. The maximum atomic E-state index is 12.7. The highest BCUT2D eigenvalue weighted by Crippen LogP contribution is 2.28. The summed E-state index contributed by atoms with van der Waals surface area (Å²) in [7, 11) is 0. The third-order valence-electron chi connectivity index (χ3n) is 3.55.